The number of hydrogen-bond acceptors (Lipinski definition) is 6. The number of ether oxygens (including phenoxy) is 2. The monoisotopic (exact) mass is 464 g/mol. The highest BCUT2D eigenvalue weighted by Crippen LogP contribution is 2.38. The molecular formula is C25H24N2O5S. The molecule has 3 aromatic rings. The molecule has 0 saturated heterocycles. The molecule has 1 aliphatic carbocycles. The Balaban J connectivity index is 1.25. The first-order valence-corrected chi connectivity index (χ1v) is 11.9. The van der Waals surface area contributed by atoms with E-state index in [0.29, 0.717) is 28.7 Å². The Labute approximate surface area is 195 Å². The molecule has 0 unspecified atom stereocenters. The van der Waals surface area contributed by atoms with E-state index in [9.17, 15) is 14.7 Å². The lowest BCUT2D eigenvalue weighted by molar-refractivity contribution is -0.144. The third-order valence-corrected chi connectivity index (χ3v) is 7.16. The summed E-state index contributed by atoms with van der Waals surface area (Å²) in [7, 11) is 0. The van der Waals surface area contributed by atoms with Crippen molar-refractivity contribution in [1.29, 1.82) is 0 Å². The number of carbonyl (C=O) groups excluding carboxylic acids is 1. The van der Waals surface area contributed by atoms with E-state index in [0.717, 1.165) is 48.3 Å². The summed E-state index contributed by atoms with van der Waals surface area (Å²) in [5.41, 5.74) is 1.05. The highest BCUT2D eigenvalue weighted by atomic mass is 32.1. The van der Waals surface area contributed by atoms with Gasteiger partial charge in [0.1, 0.15) is 28.0 Å². The molecule has 0 radical (unpaired) electrons. The van der Waals surface area contributed by atoms with Gasteiger partial charge in [-0.25, -0.2) is 9.78 Å². The van der Waals surface area contributed by atoms with Gasteiger partial charge in [-0.1, -0.05) is 54.5 Å². The van der Waals surface area contributed by atoms with Crippen molar-refractivity contribution in [3.8, 4) is 16.7 Å². The highest BCUT2D eigenvalue weighted by Gasteiger charge is 2.43. The van der Waals surface area contributed by atoms with Crippen LogP contribution in [-0.2, 0) is 11.2 Å². The van der Waals surface area contributed by atoms with Gasteiger partial charge in [-0.15, -0.1) is 0 Å². The lowest BCUT2D eigenvalue weighted by Gasteiger charge is -2.26. The summed E-state index contributed by atoms with van der Waals surface area (Å²) < 4.78 is 12.1. The van der Waals surface area contributed by atoms with E-state index in [2.05, 4.69) is 22.4 Å². The number of carboxylic acids is 1. The van der Waals surface area contributed by atoms with E-state index >= 15 is 0 Å². The van der Waals surface area contributed by atoms with Crippen LogP contribution in [0.15, 0.2) is 54.7 Å². The Bertz CT molecular complexity index is 1170. The minimum Gasteiger partial charge on any atom is -0.485 e. The summed E-state index contributed by atoms with van der Waals surface area (Å²) in [6.07, 6.45) is 5.68. The molecule has 1 atom stereocenters. The predicted molar refractivity (Wildman–Crippen MR) is 123 cm³/mol. The van der Waals surface area contributed by atoms with Crippen LogP contribution in [0.25, 0.3) is 0 Å². The average molecular weight is 465 g/mol. The number of hydrogen-bond donors (Lipinski definition) is 2. The largest absolute Gasteiger partial charge is 0.485 e. The normalized spacial score (nSPS) is 18.7. The van der Waals surface area contributed by atoms with Crippen LogP contribution in [0.3, 0.4) is 0 Å². The average Bonchev–Trinajstić information content (AvgIpc) is 3.50. The van der Waals surface area contributed by atoms with Crippen molar-refractivity contribution in [3.63, 3.8) is 0 Å². The van der Waals surface area contributed by atoms with Crippen LogP contribution in [0.1, 0.15) is 59.0 Å². The van der Waals surface area contributed by atoms with Gasteiger partial charge in [0.25, 0.3) is 11.1 Å². The van der Waals surface area contributed by atoms with Crippen LogP contribution >= 0.6 is 11.3 Å². The molecule has 2 aliphatic rings. The zero-order chi connectivity index (χ0) is 22.8. The van der Waals surface area contributed by atoms with E-state index < -0.39 is 17.4 Å². The zero-order valence-electron chi connectivity index (χ0n) is 18.0. The van der Waals surface area contributed by atoms with Gasteiger partial charge in [0.15, 0.2) is 0 Å². The molecule has 2 aromatic carbocycles. The number of nitrogens with zero attached hydrogens (tertiary/aromatic N) is 1. The summed E-state index contributed by atoms with van der Waals surface area (Å²) in [5.74, 6) is 0.0457. The Kier molecular flexibility index (Phi) is 5.76. The van der Waals surface area contributed by atoms with Crippen LogP contribution in [0.5, 0.6) is 16.7 Å². The Morgan fingerprint density at radius 2 is 1.94 bits per heavy atom. The molecule has 2 N–H and O–H groups in total. The van der Waals surface area contributed by atoms with Gasteiger partial charge in [0.05, 0.1) is 6.20 Å². The highest BCUT2D eigenvalue weighted by molar-refractivity contribution is 7.15. The number of nitrogens with one attached hydrogen (secondary N) is 1. The Morgan fingerprint density at radius 1 is 1.15 bits per heavy atom. The summed E-state index contributed by atoms with van der Waals surface area (Å²) >= 11 is 1.10. The van der Waals surface area contributed by atoms with Crippen molar-refractivity contribution >= 4 is 23.2 Å². The van der Waals surface area contributed by atoms with Crippen LogP contribution in [0.4, 0.5) is 0 Å². The molecule has 5 rings (SSSR count). The third-order valence-electron chi connectivity index (χ3n) is 6.28. The van der Waals surface area contributed by atoms with Crippen molar-refractivity contribution in [3.05, 3.63) is 70.7 Å². The number of benzene rings is 2. The zero-order valence-corrected chi connectivity index (χ0v) is 18.8. The number of carboxylic acid groups (broad SMARTS) is 1. The fourth-order valence-corrected chi connectivity index (χ4v) is 5.17. The molecule has 33 heavy (non-hydrogen) atoms. The summed E-state index contributed by atoms with van der Waals surface area (Å²) in [6.45, 7) is 0. The molecule has 0 bridgehead atoms. The van der Waals surface area contributed by atoms with Gasteiger partial charge in [-0.2, -0.15) is 0 Å². The van der Waals surface area contributed by atoms with E-state index in [1.165, 1.54) is 11.8 Å². The van der Waals surface area contributed by atoms with Crippen molar-refractivity contribution in [2.45, 2.75) is 50.2 Å². The molecular weight excluding hydrogens is 440 g/mol. The molecule has 7 nitrogen and oxygen atoms in total. The number of carbonyl (C=O) groups is 2. The lowest BCUT2D eigenvalue weighted by atomic mass is 9.97. The number of aromatic nitrogens is 1. The number of thiazole rings is 1. The van der Waals surface area contributed by atoms with E-state index in [1.807, 2.05) is 36.4 Å². The minimum atomic E-state index is -1.18. The van der Waals surface area contributed by atoms with Crippen LogP contribution < -0.4 is 14.8 Å². The minimum absolute atomic E-state index is 0.0412. The Hall–Kier alpha value is -3.39. The number of rotatable bonds is 6. The number of aliphatic carboxylic acids is 1. The second kappa shape index (κ2) is 8.86. The van der Waals surface area contributed by atoms with E-state index in [-0.39, 0.29) is 6.10 Å². The van der Waals surface area contributed by atoms with Crippen molar-refractivity contribution in [2.24, 2.45) is 0 Å². The van der Waals surface area contributed by atoms with Crippen LogP contribution in [-0.4, -0.2) is 27.5 Å². The molecule has 1 fully saturated rings. The number of amides is 1. The second-order valence-electron chi connectivity index (χ2n) is 8.47. The third kappa shape index (κ3) is 4.43. The van der Waals surface area contributed by atoms with Gasteiger partial charge in [-0.05, 0) is 55.0 Å². The number of fused-ring (bicyclic) bond motifs is 1. The van der Waals surface area contributed by atoms with E-state index in [4.69, 9.17) is 9.47 Å². The summed E-state index contributed by atoms with van der Waals surface area (Å²) in [6, 6.07) is 15.9. The quantitative estimate of drug-likeness (QED) is 0.525. The first kappa shape index (κ1) is 21.5. The molecule has 0 spiro atoms. The summed E-state index contributed by atoms with van der Waals surface area (Å²) in [5, 5.41) is 12.6. The lowest BCUT2D eigenvalue weighted by Crippen LogP contribution is -2.52. The van der Waals surface area contributed by atoms with Gasteiger partial charge in [-0.3, -0.25) is 4.79 Å². The summed E-state index contributed by atoms with van der Waals surface area (Å²) in [4.78, 5) is 28.9. The van der Waals surface area contributed by atoms with Crippen molar-refractivity contribution in [2.75, 3.05) is 0 Å². The van der Waals surface area contributed by atoms with Gasteiger partial charge < -0.3 is 19.9 Å². The van der Waals surface area contributed by atoms with Gasteiger partial charge in [0, 0.05) is 0 Å². The van der Waals surface area contributed by atoms with Crippen LogP contribution in [0.2, 0.25) is 0 Å². The maximum absolute atomic E-state index is 12.6. The molecule has 1 saturated carbocycles. The predicted octanol–water partition coefficient (Wildman–Crippen LogP) is 5.13. The first-order chi connectivity index (χ1) is 16.0. The van der Waals surface area contributed by atoms with E-state index in [1.54, 1.807) is 0 Å². The molecule has 1 amide bonds. The van der Waals surface area contributed by atoms with Gasteiger partial charge in [0.2, 0.25) is 0 Å². The fraction of sp³-hybridized carbons (Fsp3) is 0.320. The molecule has 1 aliphatic heterocycles. The maximum atomic E-state index is 12.6. The smallest absolute Gasteiger partial charge is 0.329 e. The van der Waals surface area contributed by atoms with Crippen molar-refractivity contribution in [1.82, 2.24) is 10.3 Å². The fourth-order valence-electron chi connectivity index (χ4n) is 4.49. The molecule has 1 aromatic heterocycles. The van der Waals surface area contributed by atoms with Gasteiger partial charge >= 0.3 is 5.97 Å². The van der Waals surface area contributed by atoms with Crippen LogP contribution in [0, 0.1) is 0 Å². The standard InChI is InChI=1S/C25H24N2O5S/c28-22(27-25(23(29)30)12-4-5-13-25)21-15-26-24(33-21)31-18-9-11-20-17(14-18)8-10-19(32-20)16-6-2-1-3-7-16/h1-3,6-7,9,11,14-15,19H,4-5,8,10,12-13H2,(H,27,28)(H,29,30)/t19-/m0/s1. The molecule has 170 valence electrons. The maximum Gasteiger partial charge on any atom is 0.329 e. The molecule has 2 heterocycles. The second-order valence-corrected chi connectivity index (χ2v) is 9.46. The first-order valence-electron chi connectivity index (χ1n) is 11.1. The molecule has 8 heteroatoms. The topological polar surface area (TPSA) is 97.8 Å². The van der Waals surface area contributed by atoms with Crippen molar-refractivity contribution < 1.29 is 24.2 Å². The number of aryl methyl sites for hydroxylation is 1. The Morgan fingerprint density at radius 3 is 2.70 bits per heavy atom. The SMILES string of the molecule is O=C(NC1(C(=O)O)CCCC1)c1cnc(Oc2ccc3c(c2)CC[C@@H](c2ccccc2)O3)s1.